The first-order chi connectivity index (χ1) is 15.5. The second kappa shape index (κ2) is 9.52. The summed E-state index contributed by atoms with van der Waals surface area (Å²) < 4.78 is 10.7. The highest BCUT2D eigenvalue weighted by Gasteiger charge is 2.33. The summed E-state index contributed by atoms with van der Waals surface area (Å²) in [4.78, 5) is 36.0. The fraction of sp³-hybridized carbons (Fsp3) is 0.400. The van der Waals surface area contributed by atoms with Gasteiger partial charge in [-0.15, -0.1) is 0 Å². The van der Waals surface area contributed by atoms with Gasteiger partial charge in [0, 0.05) is 12.5 Å². The van der Waals surface area contributed by atoms with Gasteiger partial charge in [0.1, 0.15) is 12.2 Å². The van der Waals surface area contributed by atoms with Gasteiger partial charge in [-0.05, 0) is 49.9 Å². The third-order valence-corrected chi connectivity index (χ3v) is 5.31. The number of ether oxygens (including phenoxy) is 2. The SMILES string of the molecule is CC(CNC(=O)OC(C)(C)C)(CC(=O)O)NC(=O)OCC1c2ccccc2-c2ccccc21. The van der Waals surface area contributed by atoms with Gasteiger partial charge in [-0.1, -0.05) is 48.5 Å². The predicted octanol–water partition coefficient (Wildman–Crippen LogP) is 4.28. The van der Waals surface area contributed by atoms with Crippen molar-refractivity contribution in [2.75, 3.05) is 13.2 Å². The maximum atomic E-state index is 12.6. The highest BCUT2D eigenvalue weighted by atomic mass is 16.6. The van der Waals surface area contributed by atoms with E-state index in [1.54, 1.807) is 20.8 Å². The number of carboxylic acid groups (broad SMARTS) is 1. The van der Waals surface area contributed by atoms with E-state index in [9.17, 15) is 19.5 Å². The van der Waals surface area contributed by atoms with E-state index in [-0.39, 0.29) is 19.1 Å². The minimum absolute atomic E-state index is 0.0997. The summed E-state index contributed by atoms with van der Waals surface area (Å²) in [7, 11) is 0. The first-order valence-corrected chi connectivity index (χ1v) is 10.8. The number of alkyl carbamates (subject to hydrolysis) is 2. The normalized spacial score (nSPS) is 14.4. The van der Waals surface area contributed by atoms with E-state index in [0.717, 1.165) is 22.3 Å². The minimum atomic E-state index is -1.27. The molecule has 0 heterocycles. The molecule has 0 radical (unpaired) electrons. The lowest BCUT2D eigenvalue weighted by Gasteiger charge is -2.30. The molecular weight excluding hydrogens is 424 g/mol. The maximum absolute atomic E-state index is 12.6. The Hall–Kier alpha value is -3.55. The molecule has 1 unspecified atom stereocenters. The van der Waals surface area contributed by atoms with Crippen LogP contribution in [0.2, 0.25) is 0 Å². The van der Waals surface area contributed by atoms with Crippen molar-refractivity contribution >= 4 is 18.2 Å². The fourth-order valence-corrected chi connectivity index (χ4v) is 3.95. The van der Waals surface area contributed by atoms with E-state index in [0.29, 0.717) is 0 Å². The molecular formula is C25H30N2O6. The average molecular weight is 455 g/mol. The summed E-state index contributed by atoms with van der Waals surface area (Å²) in [6.45, 7) is 6.65. The molecule has 2 aromatic carbocycles. The van der Waals surface area contributed by atoms with Crippen molar-refractivity contribution in [3.05, 3.63) is 59.7 Å². The van der Waals surface area contributed by atoms with Gasteiger partial charge in [0.15, 0.2) is 0 Å². The Balaban J connectivity index is 1.65. The predicted molar refractivity (Wildman–Crippen MR) is 123 cm³/mol. The largest absolute Gasteiger partial charge is 0.481 e. The standard InChI is InChI=1S/C25H30N2O6/c1-24(2,3)33-22(30)26-15-25(4,13-21(28)29)27-23(31)32-14-20-18-11-7-5-9-16(18)17-10-6-8-12-19(17)20/h5-12,20H,13-15H2,1-4H3,(H,26,30)(H,27,31)(H,28,29). The van der Waals surface area contributed by atoms with Gasteiger partial charge in [-0.2, -0.15) is 0 Å². The van der Waals surface area contributed by atoms with Crippen molar-refractivity contribution in [2.45, 2.75) is 51.2 Å². The van der Waals surface area contributed by atoms with E-state index in [4.69, 9.17) is 9.47 Å². The molecule has 8 heteroatoms. The topological polar surface area (TPSA) is 114 Å². The molecule has 2 aromatic rings. The maximum Gasteiger partial charge on any atom is 0.407 e. The molecule has 8 nitrogen and oxygen atoms in total. The Morgan fingerprint density at radius 2 is 1.45 bits per heavy atom. The molecule has 1 aliphatic carbocycles. The van der Waals surface area contributed by atoms with Gasteiger partial charge in [0.05, 0.1) is 12.0 Å². The number of carbonyl (C=O) groups excluding carboxylic acids is 2. The molecule has 33 heavy (non-hydrogen) atoms. The lowest BCUT2D eigenvalue weighted by Crippen LogP contribution is -2.55. The smallest absolute Gasteiger partial charge is 0.407 e. The van der Waals surface area contributed by atoms with E-state index < -0.39 is 35.7 Å². The summed E-state index contributed by atoms with van der Waals surface area (Å²) >= 11 is 0. The van der Waals surface area contributed by atoms with E-state index in [1.807, 2.05) is 48.5 Å². The van der Waals surface area contributed by atoms with Crippen molar-refractivity contribution in [3.63, 3.8) is 0 Å². The molecule has 0 bridgehead atoms. The molecule has 2 amide bonds. The Morgan fingerprint density at radius 3 is 1.97 bits per heavy atom. The zero-order valence-electron chi connectivity index (χ0n) is 19.3. The summed E-state index contributed by atoms with van der Waals surface area (Å²) in [5.74, 6) is -1.24. The van der Waals surface area contributed by atoms with Gasteiger partial charge < -0.3 is 25.2 Å². The van der Waals surface area contributed by atoms with Crippen molar-refractivity contribution in [1.29, 1.82) is 0 Å². The van der Waals surface area contributed by atoms with Gasteiger partial charge in [0.2, 0.25) is 0 Å². The lowest BCUT2D eigenvalue weighted by molar-refractivity contribution is -0.138. The van der Waals surface area contributed by atoms with Gasteiger partial charge >= 0.3 is 18.2 Å². The Bertz CT molecular complexity index is 1000. The van der Waals surface area contributed by atoms with Crippen LogP contribution < -0.4 is 10.6 Å². The van der Waals surface area contributed by atoms with Crippen LogP contribution in [0.1, 0.15) is 51.2 Å². The monoisotopic (exact) mass is 454 g/mol. The number of benzene rings is 2. The van der Waals surface area contributed by atoms with E-state index in [1.165, 1.54) is 6.92 Å². The van der Waals surface area contributed by atoms with Gasteiger partial charge in [-0.3, -0.25) is 4.79 Å². The Labute approximate surface area is 193 Å². The van der Waals surface area contributed by atoms with Crippen LogP contribution in [-0.2, 0) is 14.3 Å². The van der Waals surface area contributed by atoms with Crippen LogP contribution in [0.15, 0.2) is 48.5 Å². The minimum Gasteiger partial charge on any atom is -0.481 e. The average Bonchev–Trinajstić information content (AvgIpc) is 3.03. The van der Waals surface area contributed by atoms with Crippen LogP contribution in [0.25, 0.3) is 11.1 Å². The Kier molecular flexibility index (Phi) is 6.95. The number of carbonyl (C=O) groups is 3. The summed E-state index contributed by atoms with van der Waals surface area (Å²) in [6, 6.07) is 16.0. The molecule has 0 saturated heterocycles. The Morgan fingerprint density at radius 1 is 0.909 bits per heavy atom. The quantitative estimate of drug-likeness (QED) is 0.575. The fourth-order valence-electron chi connectivity index (χ4n) is 3.95. The third-order valence-electron chi connectivity index (χ3n) is 5.31. The van der Waals surface area contributed by atoms with Crippen molar-refractivity contribution in [3.8, 4) is 11.1 Å². The molecule has 3 rings (SSSR count). The lowest BCUT2D eigenvalue weighted by atomic mass is 9.97. The van der Waals surface area contributed by atoms with Crippen molar-refractivity contribution < 1.29 is 29.0 Å². The zero-order chi connectivity index (χ0) is 24.2. The first-order valence-electron chi connectivity index (χ1n) is 10.8. The summed E-state index contributed by atoms with van der Waals surface area (Å²) in [5, 5.41) is 14.4. The number of hydrogen-bond donors (Lipinski definition) is 3. The molecule has 0 fully saturated rings. The molecule has 0 aliphatic heterocycles. The van der Waals surface area contributed by atoms with Crippen LogP contribution in [-0.4, -0.2) is 47.6 Å². The van der Waals surface area contributed by atoms with E-state index in [2.05, 4.69) is 10.6 Å². The number of hydrogen-bond acceptors (Lipinski definition) is 5. The highest BCUT2D eigenvalue weighted by molar-refractivity contribution is 5.79. The number of nitrogens with one attached hydrogen (secondary N) is 2. The molecule has 1 aliphatic rings. The first kappa shape index (κ1) is 24.1. The summed E-state index contributed by atoms with van der Waals surface area (Å²) in [5.41, 5.74) is 2.40. The van der Waals surface area contributed by atoms with Crippen LogP contribution in [0.3, 0.4) is 0 Å². The zero-order valence-corrected chi connectivity index (χ0v) is 19.3. The summed E-state index contributed by atoms with van der Waals surface area (Å²) in [6.07, 6.45) is -1.87. The molecule has 1 atom stereocenters. The van der Waals surface area contributed by atoms with Gasteiger partial charge in [0.25, 0.3) is 0 Å². The van der Waals surface area contributed by atoms with Crippen LogP contribution >= 0.6 is 0 Å². The highest BCUT2D eigenvalue weighted by Crippen LogP contribution is 2.44. The number of fused-ring (bicyclic) bond motifs is 3. The van der Waals surface area contributed by atoms with Gasteiger partial charge in [-0.25, -0.2) is 9.59 Å². The number of aliphatic carboxylic acids is 1. The molecule has 3 N–H and O–H groups in total. The van der Waals surface area contributed by atoms with Crippen LogP contribution in [0, 0.1) is 0 Å². The second-order valence-electron chi connectivity index (χ2n) is 9.44. The molecule has 0 saturated carbocycles. The number of carboxylic acids is 1. The second-order valence-corrected chi connectivity index (χ2v) is 9.44. The van der Waals surface area contributed by atoms with E-state index >= 15 is 0 Å². The van der Waals surface area contributed by atoms with Crippen molar-refractivity contribution in [2.24, 2.45) is 0 Å². The molecule has 0 spiro atoms. The molecule has 0 aromatic heterocycles. The van der Waals surface area contributed by atoms with Crippen molar-refractivity contribution in [1.82, 2.24) is 10.6 Å². The molecule has 176 valence electrons. The van der Waals surface area contributed by atoms with Crippen LogP contribution in [0.4, 0.5) is 9.59 Å². The van der Waals surface area contributed by atoms with Crippen LogP contribution in [0.5, 0.6) is 0 Å². The number of amides is 2. The number of rotatable bonds is 7. The third kappa shape index (κ3) is 6.25.